The molecule has 1 amide bonds. The predicted molar refractivity (Wildman–Crippen MR) is 78.9 cm³/mol. The van der Waals surface area contributed by atoms with E-state index in [1.54, 1.807) is 0 Å². The molecular weight excluding hydrogens is 325 g/mol. The number of carbonyl (C=O) groups is 1. The molecule has 1 aromatic rings. The molecule has 1 unspecified atom stereocenters. The molecule has 2 fully saturated rings. The van der Waals surface area contributed by atoms with Crippen molar-refractivity contribution < 1.29 is 27.1 Å². The molecule has 2 heterocycles. The molecule has 1 atom stereocenters. The van der Waals surface area contributed by atoms with E-state index >= 15 is 0 Å². The summed E-state index contributed by atoms with van der Waals surface area (Å²) in [6, 6.07) is 0. The van der Waals surface area contributed by atoms with Gasteiger partial charge in [-0.05, 0) is 31.6 Å². The number of hydrogen-bond acceptors (Lipinski definition) is 4. The van der Waals surface area contributed by atoms with Gasteiger partial charge in [0, 0.05) is 31.9 Å². The van der Waals surface area contributed by atoms with Gasteiger partial charge in [0.15, 0.2) is 0 Å². The van der Waals surface area contributed by atoms with Crippen LogP contribution in [-0.4, -0.2) is 25.7 Å². The average Bonchev–Trinajstić information content (AvgIpc) is 2.98. The maximum Gasteiger partial charge on any atom is 0.419 e. The van der Waals surface area contributed by atoms with Crippen LogP contribution in [0.2, 0.25) is 0 Å². The number of rotatable bonds is 4. The molecule has 0 radical (unpaired) electrons. The lowest BCUT2D eigenvalue weighted by Crippen LogP contribution is -2.41. The number of furan rings is 1. The van der Waals surface area contributed by atoms with E-state index in [9.17, 15) is 18.0 Å². The summed E-state index contributed by atoms with van der Waals surface area (Å²) in [6.45, 7) is 2.61. The quantitative estimate of drug-likeness (QED) is 0.877. The van der Waals surface area contributed by atoms with Gasteiger partial charge in [-0.3, -0.25) is 4.79 Å². The number of hydrogen-bond donors (Lipinski definition) is 2. The van der Waals surface area contributed by atoms with Crippen molar-refractivity contribution >= 4 is 5.91 Å². The molecule has 1 saturated carbocycles. The Bertz CT molecular complexity index is 635. The minimum Gasteiger partial charge on any atom is -0.469 e. The first-order valence-electron chi connectivity index (χ1n) is 7.96. The molecule has 1 spiro atoms. The van der Waals surface area contributed by atoms with Gasteiger partial charge in [-0.2, -0.15) is 13.2 Å². The maximum absolute atomic E-state index is 13.0. The van der Waals surface area contributed by atoms with Crippen LogP contribution in [-0.2, 0) is 22.3 Å². The molecule has 8 heteroatoms. The molecule has 3 rings (SSSR count). The Labute approximate surface area is 137 Å². The van der Waals surface area contributed by atoms with Gasteiger partial charge >= 0.3 is 6.18 Å². The van der Waals surface area contributed by atoms with Gasteiger partial charge < -0.3 is 20.2 Å². The van der Waals surface area contributed by atoms with Gasteiger partial charge in [0.2, 0.25) is 5.91 Å². The summed E-state index contributed by atoms with van der Waals surface area (Å²) in [6.07, 6.45) is -1.63. The normalized spacial score (nSPS) is 25.7. The lowest BCUT2D eigenvalue weighted by molar-refractivity contribution is -0.139. The van der Waals surface area contributed by atoms with E-state index in [2.05, 4.69) is 5.32 Å². The van der Waals surface area contributed by atoms with Crippen LogP contribution in [0.4, 0.5) is 13.2 Å². The lowest BCUT2D eigenvalue weighted by atomic mass is 9.85. The Hall–Kier alpha value is -1.54. The number of ether oxygens (including phenoxy) is 1. The molecule has 1 aromatic heterocycles. The third-order valence-corrected chi connectivity index (χ3v) is 5.60. The first kappa shape index (κ1) is 17.3. The van der Waals surface area contributed by atoms with E-state index < -0.39 is 17.2 Å². The fraction of sp³-hybridized carbons (Fsp3) is 0.688. The van der Waals surface area contributed by atoms with E-state index in [0.717, 1.165) is 12.8 Å². The zero-order valence-corrected chi connectivity index (χ0v) is 13.5. The average molecular weight is 346 g/mol. The number of nitrogens with one attached hydrogen (secondary N) is 1. The number of aryl methyl sites for hydroxylation is 1. The molecule has 0 aromatic carbocycles. The van der Waals surface area contributed by atoms with E-state index in [-0.39, 0.29) is 35.7 Å². The summed E-state index contributed by atoms with van der Waals surface area (Å²) < 4.78 is 49.2. The largest absolute Gasteiger partial charge is 0.469 e. The van der Waals surface area contributed by atoms with Crippen molar-refractivity contribution in [2.24, 2.45) is 16.6 Å². The third-order valence-electron chi connectivity index (χ3n) is 5.60. The molecule has 0 bridgehead atoms. The molecule has 3 N–H and O–H groups in total. The highest BCUT2D eigenvalue weighted by molar-refractivity contribution is 5.87. The van der Waals surface area contributed by atoms with Crippen molar-refractivity contribution in [1.29, 1.82) is 0 Å². The van der Waals surface area contributed by atoms with Gasteiger partial charge in [0.1, 0.15) is 12.0 Å². The predicted octanol–water partition coefficient (Wildman–Crippen LogP) is 2.37. The number of carbonyl (C=O) groups excluding carboxylic acids is 1. The van der Waals surface area contributed by atoms with Crippen LogP contribution in [0.5, 0.6) is 0 Å². The Morgan fingerprint density at radius 1 is 1.38 bits per heavy atom. The SMILES string of the molecule is Cc1occ(C(F)(F)F)c1CNC(=O)C1(CN)CC12CCOCC2. The van der Waals surface area contributed by atoms with Crippen LogP contribution in [0, 0.1) is 17.8 Å². The molecule has 5 nitrogen and oxygen atoms in total. The Kier molecular flexibility index (Phi) is 4.16. The molecular formula is C16H21F3N2O3. The summed E-state index contributed by atoms with van der Waals surface area (Å²) in [5.74, 6) is -0.123. The Morgan fingerprint density at radius 2 is 2.04 bits per heavy atom. The van der Waals surface area contributed by atoms with E-state index in [1.807, 2.05) is 0 Å². The van der Waals surface area contributed by atoms with Crippen molar-refractivity contribution in [3.8, 4) is 0 Å². The minimum atomic E-state index is -4.51. The van der Waals surface area contributed by atoms with Gasteiger partial charge in [0.05, 0.1) is 11.0 Å². The van der Waals surface area contributed by atoms with Crippen LogP contribution in [0.15, 0.2) is 10.7 Å². The Balaban J connectivity index is 1.72. The number of nitrogens with two attached hydrogens (primary N) is 1. The number of amides is 1. The fourth-order valence-corrected chi connectivity index (χ4v) is 3.93. The zero-order valence-electron chi connectivity index (χ0n) is 13.5. The Morgan fingerprint density at radius 3 is 2.62 bits per heavy atom. The summed E-state index contributed by atoms with van der Waals surface area (Å²) >= 11 is 0. The van der Waals surface area contributed by atoms with Gasteiger partial charge in [-0.1, -0.05) is 0 Å². The van der Waals surface area contributed by atoms with Crippen LogP contribution < -0.4 is 11.1 Å². The molecule has 2 aliphatic rings. The molecule has 1 aliphatic heterocycles. The van der Waals surface area contributed by atoms with E-state index in [0.29, 0.717) is 25.9 Å². The van der Waals surface area contributed by atoms with Crippen LogP contribution in [0.25, 0.3) is 0 Å². The first-order chi connectivity index (χ1) is 11.3. The van der Waals surface area contributed by atoms with Crippen molar-refractivity contribution in [3.63, 3.8) is 0 Å². The minimum absolute atomic E-state index is 0.0373. The number of alkyl halides is 3. The molecule has 1 saturated heterocycles. The van der Waals surface area contributed by atoms with Crippen LogP contribution in [0.1, 0.15) is 36.1 Å². The highest BCUT2D eigenvalue weighted by Gasteiger charge is 2.70. The van der Waals surface area contributed by atoms with E-state index in [1.165, 1.54) is 6.92 Å². The highest BCUT2D eigenvalue weighted by atomic mass is 19.4. The smallest absolute Gasteiger partial charge is 0.419 e. The standard InChI is InChI=1S/C16H21F3N2O3/c1-10-11(12(7-24-10)16(17,18)19)6-21-13(22)15(9-20)8-14(15)2-4-23-5-3-14/h7H,2-6,8-9,20H2,1H3,(H,21,22). The summed E-state index contributed by atoms with van der Waals surface area (Å²) in [5.41, 5.74) is 4.12. The number of halogens is 3. The van der Waals surface area contributed by atoms with Gasteiger partial charge in [0.25, 0.3) is 0 Å². The fourth-order valence-electron chi connectivity index (χ4n) is 3.93. The van der Waals surface area contributed by atoms with Gasteiger partial charge in [-0.25, -0.2) is 0 Å². The molecule has 134 valence electrons. The topological polar surface area (TPSA) is 77.5 Å². The second-order valence-electron chi connectivity index (χ2n) is 6.72. The monoisotopic (exact) mass is 346 g/mol. The van der Waals surface area contributed by atoms with E-state index in [4.69, 9.17) is 14.9 Å². The van der Waals surface area contributed by atoms with Crippen LogP contribution >= 0.6 is 0 Å². The van der Waals surface area contributed by atoms with Crippen molar-refractivity contribution in [1.82, 2.24) is 5.32 Å². The van der Waals surface area contributed by atoms with Gasteiger partial charge in [-0.15, -0.1) is 0 Å². The first-order valence-corrected chi connectivity index (χ1v) is 7.96. The van der Waals surface area contributed by atoms with Crippen LogP contribution in [0.3, 0.4) is 0 Å². The highest BCUT2D eigenvalue weighted by Crippen LogP contribution is 2.68. The third kappa shape index (κ3) is 2.61. The second kappa shape index (κ2) is 5.77. The summed E-state index contributed by atoms with van der Waals surface area (Å²) in [7, 11) is 0. The summed E-state index contributed by atoms with van der Waals surface area (Å²) in [4.78, 5) is 12.7. The van der Waals surface area contributed by atoms with Crippen molar-refractivity contribution in [2.75, 3.05) is 19.8 Å². The molecule has 1 aliphatic carbocycles. The van der Waals surface area contributed by atoms with Crippen molar-refractivity contribution in [2.45, 2.75) is 38.9 Å². The zero-order chi connectivity index (χ0) is 17.6. The summed E-state index contributed by atoms with van der Waals surface area (Å²) in [5, 5.41) is 2.64. The second-order valence-corrected chi connectivity index (χ2v) is 6.72. The maximum atomic E-state index is 13.0. The molecule has 24 heavy (non-hydrogen) atoms. The van der Waals surface area contributed by atoms with Crippen molar-refractivity contribution in [3.05, 3.63) is 23.2 Å². The lowest BCUT2D eigenvalue weighted by Gasteiger charge is -2.28.